The van der Waals surface area contributed by atoms with Gasteiger partial charge in [0.05, 0.1) is 18.9 Å². The molecule has 0 aliphatic rings. The summed E-state index contributed by atoms with van der Waals surface area (Å²) >= 11 is 0. The van der Waals surface area contributed by atoms with Gasteiger partial charge in [-0.3, -0.25) is 28.8 Å². The zero-order valence-corrected chi connectivity index (χ0v) is 19.0. The monoisotopic (exact) mass is 487 g/mol. The maximum Gasteiger partial charge on any atom is 0.326 e. The lowest BCUT2D eigenvalue weighted by atomic mass is 10.0. The minimum Gasteiger partial charge on any atom is -0.480 e. The van der Waals surface area contributed by atoms with Crippen LogP contribution in [0, 0.1) is 5.92 Å². The van der Waals surface area contributed by atoms with Gasteiger partial charge in [-0.05, 0) is 18.8 Å². The molecule has 192 valence electrons. The molecular weight excluding hydrogens is 454 g/mol. The normalized spacial score (nSPS) is 14.2. The van der Waals surface area contributed by atoms with Crippen LogP contribution in [0.15, 0.2) is 0 Å². The Morgan fingerprint density at radius 2 is 1.15 bits per heavy atom. The molecule has 4 atom stereocenters. The summed E-state index contributed by atoms with van der Waals surface area (Å²) in [5.74, 6) is -7.12. The third-order valence-electron chi connectivity index (χ3n) is 4.43. The lowest BCUT2D eigenvalue weighted by molar-refractivity contribution is -0.144. The van der Waals surface area contributed by atoms with E-state index in [4.69, 9.17) is 28.0 Å². The highest BCUT2D eigenvalue weighted by Crippen LogP contribution is 2.06. The lowest BCUT2D eigenvalue weighted by Gasteiger charge is -2.24. The number of nitrogens with one attached hydrogen (secondary N) is 3. The van der Waals surface area contributed by atoms with Crippen molar-refractivity contribution in [3.05, 3.63) is 0 Å². The Kier molecular flexibility index (Phi) is 12.8. The summed E-state index contributed by atoms with van der Waals surface area (Å²) in [5, 5.41) is 15.7. The number of carboxylic acid groups (broad SMARTS) is 1. The van der Waals surface area contributed by atoms with Gasteiger partial charge in [-0.15, -0.1) is 0 Å². The topological polar surface area (TPSA) is 280 Å². The van der Waals surface area contributed by atoms with Crippen molar-refractivity contribution in [1.29, 1.82) is 0 Å². The van der Waals surface area contributed by atoms with Crippen LogP contribution in [0.2, 0.25) is 0 Å². The lowest BCUT2D eigenvalue weighted by Crippen LogP contribution is -2.58. The van der Waals surface area contributed by atoms with Gasteiger partial charge >= 0.3 is 5.97 Å². The Labute approximate surface area is 195 Å². The molecule has 15 nitrogen and oxygen atoms in total. The number of nitrogens with two attached hydrogens (primary N) is 4. The predicted octanol–water partition coefficient (Wildman–Crippen LogP) is -4.08. The SMILES string of the molecule is CC(C)CC(N)C(=O)NC(CCC(N)=O)C(=O)NC(CC(N)=O)C(=O)NC(CC(N)=O)C(=O)O. The second-order valence-corrected chi connectivity index (χ2v) is 8.10. The first kappa shape index (κ1) is 30.2. The van der Waals surface area contributed by atoms with E-state index in [0.717, 1.165) is 0 Å². The summed E-state index contributed by atoms with van der Waals surface area (Å²) in [6.07, 6.45) is -1.72. The number of primary amides is 3. The molecule has 0 aromatic rings. The summed E-state index contributed by atoms with van der Waals surface area (Å²) < 4.78 is 0. The number of amides is 6. The molecule has 12 N–H and O–H groups in total. The fourth-order valence-corrected chi connectivity index (χ4v) is 2.81. The standard InChI is InChI=1S/C19H33N7O8/c1-8(2)5-9(20)16(30)24-10(3-4-13(21)27)17(31)25-11(6-14(22)28)18(32)26-12(19(33)34)7-15(23)29/h8-12H,3-7,20H2,1-2H3,(H2,21,27)(H2,22,28)(H2,23,29)(H,24,30)(H,25,31)(H,26,32)(H,33,34). The van der Waals surface area contributed by atoms with Gasteiger partial charge in [-0.2, -0.15) is 0 Å². The van der Waals surface area contributed by atoms with Gasteiger partial charge in [0.15, 0.2) is 0 Å². The molecule has 0 aromatic carbocycles. The molecule has 0 fully saturated rings. The van der Waals surface area contributed by atoms with E-state index in [1.165, 1.54) is 0 Å². The Morgan fingerprint density at radius 3 is 1.59 bits per heavy atom. The Bertz CT molecular complexity index is 802. The second kappa shape index (κ2) is 14.4. The van der Waals surface area contributed by atoms with E-state index in [-0.39, 0.29) is 18.8 Å². The molecule has 0 radical (unpaired) electrons. The Morgan fingerprint density at radius 1 is 0.706 bits per heavy atom. The molecule has 4 unspecified atom stereocenters. The van der Waals surface area contributed by atoms with Crippen LogP contribution in [0.1, 0.15) is 46.0 Å². The van der Waals surface area contributed by atoms with Gasteiger partial charge in [-0.25, -0.2) is 4.79 Å². The molecule has 0 aromatic heterocycles. The number of hydrogen-bond acceptors (Lipinski definition) is 8. The van der Waals surface area contributed by atoms with Crippen LogP contribution in [-0.4, -0.2) is 70.7 Å². The van der Waals surface area contributed by atoms with Crippen LogP contribution in [0.3, 0.4) is 0 Å². The van der Waals surface area contributed by atoms with Crippen LogP contribution < -0.4 is 38.9 Å². The van der Waals surface area contributed by atoms with Crippen LogP contribution in [0.25, 0.3) is 0 Å². The third-order valence-corrected chi connectivity index (χ3v) is 4.43. The molecule has 0 saturated carbocycles. The van der Waals surface area contributed by atoms with Gasteiger partial charge in [0.1, 0.15) is 18.1 Å². The molecule has 0 rings (SSSR count). The summed E-state index contributed by atoms with van der Waals surface area (Å²) in [5.41, 5.74) is 21.0. The smallest absolute Gasteiger partial charge is 0.326 e. The van der Waals surface area contributed by atoms with Crippen molar-refractivity contribution < 1.29 is 38.7 Å². The van der Waals surface area contributed by atoms with Gasteiger partial charge in [0, 0.05) is 6.42 Å². The van der Waals surface area contributed by atoms with Gasteiger partial charge in [-0.1, -0.05) is 13.8 Å². The summed E-state index contributed by atoms with van der Waals surface area (Å²) in [4.78, 5) is 82.5. The van der Waals surface area contributed by atoms with Crippen LogP contribution in [0.5, 0.6) is 0 Å². The maximum absolute atomic E-state index is 12.8. The molecular formula is C19H33N7O8. The van der Waals surface area contributed by atoms with Crippen molar-refractivity contribution in [2.24, 2.45) is 28.9 Å². The maximum atomic E-state index is 12.8. The van der Waals surface area contributed by atoms with Crippen LogP contribution in [0.4, 0.5) is 0 Å². The van der Waals surface area contributed by atoms with Gasteiger partial charge < -0.3 is 44.0 Å². The van der Waals surface area contributed by atoms with E-state index in [2.05, 4.69) is 10.6 Å². The van der Waals surface area contributed by atoms with Crippen molar-refractivity contribution in [2.45, 2.75) is 70.1 Å². The van der Waals surface area contributed by atoms with E-state index in [9.17, 15) is 33.6 Å². The number of aliphatic carboxylic acids is 1. The number of carbonyl (C=O) groups is 7. The van der Waals surface area contributed by atoms with Crippen LogP contribution in [-0.2, 0) is 33.6 Å². The number of rotatable bonds is 16. The van der Waals surface area contributed by atoms with E-state index < -0.39 is 78.4 Å². The Hall–Kier alpha value is -3.75. The molecule has 15 heteroatoms. The second-order valence-electron chi connectivity index (χ2n) is 8.10. The number of carboxylic acids is 1. The first-order chi connectivity index (χ1) is 15.6. The Balaban J connectivity index is 5.60. The summed E-state index contributed by atoms with van der Waals surface area (Å²) in [7, 11) is 0. The highest BCUT2D eigenvalue weighted by Gasteiger charge is 2.32. The van der Waals surface area contributed by atoms with Gasteiger partial charge in [0.25, 0.3) is 0 Å². The van der Waals surface area contributed by atoms with Crippen molar-refractivity contribution in [3.63, 3.8) is 0 Å². The zero-order chi connectivity index (χ0) is 26.6. The molecule has 0 aliphatic heterocycles. The molecule has 34 heavy (non-hydrogen) atoms. The first-order valence-corrected chi connectivity index (χ1v) is 10.4. The molecule has 0 spiro atoms. The average Bonchev–Trinajstić information content (AvgIpc) is 2.68. The van der Waals surface area contributed by atoms with Gasteiger partial charge in [0.2, 0.25) is 35.4 Å². The number of hydrogen-bond donors (Lipinski definition) is 8. The zero-order valence-electron chi connectivity index (χ0n) is 19.0. The number of carbonyl (C=O) groups excluding carboxylic acids is 6. The first-order valence-electron chi connectivity index (χ1n) is 10.4. The van der Waals surface area contributed by atoms with Crippen molar-refractivity contribution in [2.75, 3.05) is 0 Å². The fraction of sp³-hybridized carbons (Fsp3) is 0.632. The molecule has 6 amide bonds. The minimum absolute atomic E-state index is 0.0740. The summed E-state index contributed by atoms with van der Waals surface area (Å²) in [6.45, 7) is 3.67. The van der Waals surface area contributed by atoms with E-state index in [0.29, 0.717) is 6.42 Å². The molecule has 0 bridgehead atoms. The minimum atomic E-state index is -1.73. The summed E-state index contributed by atoms with van der Waals surface area (Å²) in [6, 6.07) is -5.70. The van der Waals surface area contributed by atoms with Crippen molar-refractivity contribution >= 4 is 41.4 Å². The fourth-order valence-electron chi connectivity index (χ4n) is 2.81. The largest absolute Gasteiger partial charge is 0.480 e. The quantitative estimate of drug-likeness (QED) is 0.105. The highest BCUT2D eigenvalue weighted by molar-refractivity contribution is 5.96. The molecule has 0 heterocycles. The molecule has 0 aliphatic carbocycles. The van der Waals surface area contributed by atoms with E-state index in [1.54, 1.807) is 0 Å². The van der Waals surface area contributed by atoms with E-state index in [1.807, 2.05) is 19.2 Å². The molecule has 0 saturated heterocycles. The average molecular weight is 488 g/mol. The van der Waals surface area contributed by atoms with E-state index >= 15 is 0 Å². The van der Waals surface area contributed by atoms with Crippen LogP contribution >= 0.6 is 0 Å². The van der Waals surface area contributed by atoms with Crippen molar-refractivity contribution in [3.8, 4) is 0 Å². The highest BCUT2D eigenvalue weighted by atomic mass is 16.4. The predicted molar refractivity (Wildman–Crippen MR) is 117 cm³/mol. The third kappa shape index (κ3) is 12.3. The van der Waals surface area contributed by atoms with Crippen molar-refractivity contribution in [1.82, 2.24) is 16.0 Å².